The Hall–Kier alpha value is -1.56. The van der Waals surface area contributed by atoms with Crippen molar-refractivity contribution in [1.29, 1.82) is 0 Å². The Balaban J connectivity index is 2.05. The quantitative estimate of drug-likeness (QED) is 0.840. The summed E-state index contributed by atoms with van der Waals surface area (Å²) < 4.78 is 1.03. The molecule has 0 aromatic heterocycles. The first-order valence-electron chi connectivity index (χ1n) is 8.40. The molecule has 5 nitrogen and oxygen atoms in total. The van der Waals surface area contributed by atoms with Crippen molar-refractivity contribution in [2.45, 2.75) is 52.6 Å². The first-order chi connectivity index (χ1) is 11.3. The molecule has 0 spiro atoms. The van der Waals surface area contributed by atoms with Crippen molar-refractivity contribution < 1.29 is 9.59 Å². The minimum Gasteiger partial charge on any atom is -0.343 e. The van der Waals surface area contributed by atoms with Crippen molar-refractivity contribution in [1.82, 2.24) is 9.80 Å². The number of rotatable bonds is 3. The van der Waals surface area contributed by atoms with Crippen LogP contribution in [0.2, 0.25) is 0 Å². The maximum Gasteiger partial charge on any atom is 0.322 e. The molecule has 1 N–H and O–H groups in total. The second kappa shape index (κ2) is 8.01. The lowest BCUT2D eigenvalue weighted by molar-refractivity contribution is -0.130. The van der Waals surface area contributed by atoms with E-state index in [2.05, 4.69) is 21.2 Å². The predicted octanol–water partition coefficient (Wildman–Crippen LogP) is 4.01. The summed E-state index contributed by atoms with van der Waals surface area (Å²) in [6, 6.07) is 5.99. The van der Waals surface area contributed by atoms with Gasteiger partial charge < -0.3 is 15.1 Å². The molecule has 0 aliphatic carbocycles. The summed E-state index contributed by atoms with van der Waals surface area (Å²) in [5, 5.41) is 3.01. The molecule has 2 rings (SSSR count). The molecule has 6 heteroatoms. The molecule has 0 radical (unpaired) electrons. The second-order valence-electron chi connectivity index (χ2n) is 6.63. The van der Waals surface area contributed by atoms with E-state index in [1.807, 2.05) is 48.8 Å². The number of aryl methyl sites for hydroxylation is 1. The van der Waals surface area contributed by atoms with Gasteiger partial charge in [-0.05, 0) is 57.4 Å². The molecule has 0 bridgehead atoms. The van der Waals surface area contributed by atoms with E-state index in [-0.39, 0.29) is 24.0 Å². The number of halogens is 1. The highest BCUT2D eigenvalue weighted by Gasteiger charge is 2.30. The Morgan fingerprint density at radius 1 is 1.29 bits per heavy atom. The highest BCUT2D eigenvalue weighted by molar-refractivity contribution is 9.10. The van der Waals surface area contributed by atoms with Crippen LogP contribution < -0.4 is 5.32 Å². The minimum absolute atomic E-state index is 0.0759. The molecule has 1 aliphatic heterocycles. The molecule has 3 amide bonds. The molecule has 132 valence electrons. The van der Waals surface area contributed by atoms with Crippen LogP contribution in [0.1, 0.15) is 39.2 Å². The summed E-state index contributed by atoms with van der Waals surface area (Å²) in [5.74, 6) is 0.110. The number of nitrogens with zero attached hydrogens (tertiary/aromatic N) is 2. The van der Waals surface area contributed by atoms with Crippen LogP contribution >= 0.6 is 15.9 Å². The van der Waals surface area contributed by atoms with Crippen LogP contribution in [0.3, 0.4) is 0 Å². The predicted molar refractivity (Wildman–Crippen MR) is 100 cm³/mol. The van der Waals surface area contributed by atoms with Crippen molar-refractivity contribution in [3.8, 4) is 0 Å². The van der Waals surface area contributed by atoms with Crippen molar-refractivity contribution in [2.24, 2.45) is 0 Å². The topological polar surface area (TPSA) is 52.7 Å². The van der Waals surface area contributed by atoms with E-state index in [1.54, 1.807) is 6.92 Å². The summed E-state index contributed by atoms with van der Waals surface area (Å²) in [4.78, 5) is 28.0. The van der Waals surface area contributed by atoms with Crippen LogP contribution in [-0.2, 0) is 4.79 Å². The number of carbonyl (C=O) groups is 2. The lowest BCUT2D eigenvalue weighted by Gasteiger charge is -2.40. The minimum atomic E-state index is -0.0759. The number of likely N-dealkylation sites (tertiary alicyclic amines) is 1. The van der Waals surface area contributed by atoms with Gasteiger partial charge in [0.05, 0.1) is 0 Å². The number of piperidine rings is 1. The van der Waals surface area contributed by atoms with Gasteiger partial charge in [-0.3, -0.25) is 4.79 Å². The molecule has 0 saturated carbocycles. The molecule has 24 heavy (non-hydrogen) atoms. The van der Waals surface area contributed by atoms with Gasteiger partial charge >= 0.3 is 6.03 Å². The van der Waals surface area contributed by atoms with E-state index in [1.165, 1.54) is 0 Å². The maximum atomic E-state index is 12.8. The number of carbonyl (C=O) groups excluding carboxylic acids is 2. The van der Waals surface area contributed by atoms with E-state index in [0.29, 0.717) is 13.1 Å². The number of hydrogen-bond acceptors (Lipinski definition) is 2. The number of benzene rings is 1. The van der Waals surface area contributed by atoms with Crippen molar-refractivity contribution in [2.75, 3.05) is 18.4 Å². The van der Waals surface area contributed by atoms with Crippen molar-refractivity contribution in [3.63, 3.8) is 0 Å². The zero-order valence-corrected chi connectivity index (χ0v) is 16.4. The van der Waals surface area contributed by atoms with E-state index in [4.69, 9.17) is 0 Å². The van der Waals surface area contributed by atoms with Gasteiger partial charge in [-0.15, -0.1) is 0 Å². The van der Waals surface area contributed by atoms with Gasteiger partial charge in [-0.25, -0.2) is 4.79 Å². The van der Waals surface area contributed by atoms with Crippen molar-refractivity contribution in [3.05, 3.63) is 28.2 Å². The number of hydrogen-bond donors (Lipinski definition) is 1. The van der Waals surface area contributed by atoms with E-state index in [0.717, 1.165) is 28.6 Å². The Morgan fingerprint density at radius 2 is 1.92 bits per heavy atom. The van der Waals surface area contributed by atoms with Gasteiger partial charge in [-0.2, -0.15) is 0 Å². The number of anilines is 1. The summed E-state index contributed by atoms with van der Waals surface area (Å²) >= 11 is 3.47. The zero-order chi connectivity index (χ0) is 17.9. The third-order valence-corrected chi connectivity index (χ3v) is 5.39. The fourth-order valence-electron chi connectivity index (χ4n) is 3.19. The summed E-state index contributed by atoms with van der Waals surface area (Å²) in [6.07, 6.45) is 1.65. The van der Waals surface area contributed by atoms with Crippen LogP contribution in [0.5, 0.6) is 0 Å². The fourth-order valence-corrected chi connectivity index (χ4v) is 3.44. The van der Waals surface area contributed by atoms with Crippen LogP contribution in [0.4, 0.5) is 10.5 Å². The van der Waals surface area contributed by atoms with Crippen LogP contribution in [-0.4, -0.2) is 46.9 Å². The second-order valence-corrected chi connectivity index (χ2v) is 7.49. The number of urea groups is 1. The lowest BCUT2D eigenvalue weighted by Crippen LogP contribution is -2.52. The molecular formula is C18H26BrN3O2. The van der Waals surface area contributed by atoms with Crippen LogP contribution in [0.15, 0.2) is 22.7 Å². The Bertz CT molecular complexity index is 610. The van der Waals surface area contributed by atoms with Gasteiger partial charge in [0.1, 0.15) is 0 Å². The molecule has 1 aromatic carbocycles. The zero-order valence-electron chi connectivity index (χ0n) is 14.8. The lowest BCUT2D eigenvalue weighted by atomic mass is 10.0. The molecule has 1 fully saturated rings. The smallest absolute Gasteiger partial charge is 0.322 e. The highest BCUT2D eigenvalue weighted by atomic mass is 79.9. The first-order valence-corrected chi connectivity index (χ1v) is 9.20. The Labute approximate surface area is 152 Å². The van der Waals surface area contributed by atoms with Gasteiger partial charge in [0.25, 0.3) is 0 Å². The summed E-state index contributed by atoms with van der Waals surface area (Å²) in [7, 11) is 0. The standard InChI is InChI=1S/C18H26BrN3O2/c1-12(2)22(16-7-9-21(10-8-16)14(4)23)18(24)20-15-5-6-17(19)13(3)11-15/h5-6,11-12,16H,7-10H2,1-4H3,(H,20,24). The molecule has 1 aromatic rings. The van der Waals surface area contributed by atoms with Crippen molar-refractivity contribution >= 4 is 33.6 Å². The molecule has 0 unspecified atom stereocenters. The van der Waals surface area contributed by atoms with Crippen LogP contribution in [0.25, 0.3) is 0 Å². The summed E-state index contributed by atoms with van der Waals surface area (Å²) in [6.45, 7) is 9.09. The SMILES string of the molecule is CC(=O)N1CCC(N(C(=O)Nc2ccc(Br)c(C)c2)C(C)C)CC1. The molecule has 1 saturated heterocycles. The molecule has 0 atom stereocenters. The molecule has 1 aliphatic rings. The third kappa shape index (κ3) is 4.50. The van der Waals surface area contributed by atoms with Gasteiger partial charge in [-0.1, -0.05) is 15.9 Å². The summed E-state index contributed by atoms with van der Waals surface area (Å²) in [5.41, 5.74) is 1.88. The van der Waals surface area contributed by atoms with E-state index in [9.17, 15) is 9.59 Å². The first kappa shape index (κ1) is 18.8. The molecule has 1 heterocycles. The average Bonchev–Trinajstić information content (AvgIpc) is 2.51. The number of amides is 3. The fraction of sp³-hybridized carbons (Fsp3) is 0.556. The Morgan fingerprint density at radius 3 is 2.42 bits per heavy atom. The van der Waals surface area contributed by atoms with Crippen LogP contribution in [0, 0.1) is 6.92 Å². The normalized spacial score (nSPS) is 15.5. The number of nitrogens with one attached hydrogen (secondary N) is 1. The Kier molecular flexibility index (Phi) is 6.27. The van der Waals surface area contributed by atoms with Gasteiger partial charge in [0, 0.05) is 42.3 Å². The maximum absolute atomic E-state index is 12.8. The monoisotopic (exact) mass is 395 g/mol. The van der Waals surface area contributed by atoms with E-state index >= 15 is 0 Å². The van der Waals surface area contributed by atoms with Gasteiger partial charge in [0.2, 0.25) is 5.91 Å². The van der Waals surface area contributed by atoms with Gasteiger partial charge in [0.15, 0.2) is 0 Å². The van der Waals surface area contributed by atoms with E-state index < -0.39 is 0 Å². The molecular weight excluding hydrogens is 370 g/mol. The average molecular weight is 396 g/mol. The third-order valence-electron chi connectivity index (χ3n) is 4.50. The largest absolute Gasteiger partial charge is 0.343 e. The highest BCUT2D eigenvalue weighted by Crippen LogP contribution is 2.23.